The quantitative estimate of drug-likeness (QED) is 0.888. The molecule has 0 aliphatic rings. The SMILES string of the molecule is Cc1nc(NC(=O)c2ccoc2Br)ccc1Br. The van der Waals surface area contributed by atoms with Crippen molar-refractivity contribution in [2.24, 2.45) is 0 Å². The molecular weight excluding hydrogens is 352 g/mol. The Morgan fingerprint density at radius 3 is 2.71 bits per heavy atom. The third-order valence-corrected chi connectivity index (χ3v) is 3.58. The topological polar surface area (TPSA) is 55.1 Å². The lowest BCUT2D eigenvalue weighted by Crippen LogP contribution is -2.12. The number of anilines is 1. The first-order valence-electron chi connectivity index (χ1n) is 4.75. The molecule has 17 heavy (non-hydrogen) atoms. The van der Waals surface area contributed by atoms with Gasteiger partial charge in [-0.1, -0.05) is 0 Å². The zero-order valence-electron chi connectivity index (χ0n) is 8.83. The lowest BCUT2D eigenvalue weighted by atomic mass is 10.3. The second kappa shape index (κ2) is 5.01. The van der Waals surface area contributed by atoms with Crippen molar-refractivity contribution in [1.29, 1.82) is 0 Å². The van der Waals surface area contributed by atoms with Crippen molar-refractivity contribution in [2.45, 2.75) is 6.92 Å². The van der Waals surface area contributed by atoms with Gasteiger partial charge < -0.3 is 9.73 Å². The summed E-state index contributed by atoms with van der Waals surface area (Å²) in [7, 11) is 0. The smallest absolute Gasteiger partial charge is 0.261 e. The highest BCUT2D eigenvalue weighted by Gasteiger charge is 2.13. The number of amides is 1. The molecule has 6 heteroatoms. The fourth-order valence-electron chi connectivity index (χ4n) is 1.25. The molecule has 0 bridgehead atoms. The Kier molecular flexibility index (Phi) is 3.63. The van der Waals surface area contributed by atoms with E-state index in [4.69, 9.17) is 4.42 Å². The summed E-state index contributed by atoms with van der Waals surface area (Å²) in [5, 5.41) is 2.69. The maximum Gasteiger partial charge on any atom is 0.261 e. The number of rotatable bonds is 2. The summed E-state index contributed by atoms with van der Waals surface area (Å²) in [5.74, 6) is 0.239. The van der Waals surface area contributed by atoms with Crippen LogP contribution in [0.3, 0.4) is 0 Å². The van der Waals surface area contributed by atoms with Crippen LogP contribution in [0.5, 0.6) is 0 Å². The monoisotopic (exact) mass is 358 g/mol. The number of hydrogen-bond acceptors (Lipinski definition) is 3. The van der Waals surface area contributed by atoms with Gasteiger partial charge in [-0.3, -0.25) is 4.79 Å². The largest absolute Gasteiger partial charge is 0.457 e. The van der Waals surface area contributed by atoms with Crippen molar-refractivity contribution in [3.63, 3.8) is 0 Å². The Hall–Kier alpha value is -1.14. The van der Waals surface area contributed by atoms with Gasteiger partial charge in [0.05, 0.1) is 17.5 Å². The average molecular weight is 360 g/mol. The van der Waals surface area contributed by atoms with E-state index in [0.29, 0.717) is 16.1 Å². The molecule has 2 aromatic heterocycles. The van der Waals surface area contributed by atoms with E-state index < -0.39 is 0 Å². The predicted molar refractivity (Wildman–Crippen MR) is 71.0 cm³/mol. The standard InChI is InChI=1S/C11H8Br2N2O2/c1-6-8(12)2-3-9(14-6)15-11(16)7-4-5-17-10(7)13/h2-5H,1H3,(H,14,15,16). The molecule has 0 unspecified atom stereocenters. The molecule has 0 fully saturated rings. The number of furan rings is 1. The molecule has 0 atom stereocenters. The summed E-state index contributed by atoms with van der Waals surface area (Å²) in [5.41, 5.74) is 1.25. The number of aromatic nitrogens is 1. The van der Waals surface area contributed by atoms with Gasteiger partial charge in [-0.05, 0) is 57.0 Å². The molecular formula is C11H8Br2N2O2. The molecule has 88 valence electrons. The van der Waals surface area contributed by atoms with Crippen LogP contribution in [0.4, 0.5) is 5.82 Å². The summed E-state index contributed by atoms with van der Waals surface area (Å²) in [6, 6.07) is 5.15. The molecule has 2 aromatic rings. The second-order valence-corrected chi connectivity index (χ2v) is 4.90. The lowest BCUT2D eigenvalue weighted by molar-refractivity contribution is 0.102. The van der Waals surface area contributed by atoms with Gasteiger partial charge in [-0.15, -0.1) is 0 Å². The molecule has 0 spiro atoms. The van der Waals surface area contributed by atoms with Gasteiger partial charge in [0, 0.05) is 4.47 Å². The maximum atomic E-state index is 11.8. The van der Waals surface area contributed by atoms with E-state index >= 15 is 0 Å². The Balaban J connectivity index is 2.19. The highest BCUT2D eigenvalue weighted by atomic mass is 79.9. The first-order valence-corrected chi connectivity index (χ1v) is 6.34. The van der Waals surface area contributed by atoms with Crippen molar-refractivity contribution in [3.8, 4) is 0 Å². The number of pyridine rings is 1. The fourth-order valence-corrected chi connectivity index (χ4v) is 1.89. The summed E-state index contributed by atoms with van der Waals surface area (Å²) in [4.78, 5) is 16.1. The molecule has 1 N–H and O–H groups in total. The molecule has 0 radical (unpaired) electrons. The molecule has 0 aliphatic carbocycles. The van der Waals surface area contributed by atoms with Gasteiger partial charge in [-0.2, -0.15) is 0 Å². The van der Waals surface area contributed by atoms with Crippen molar-refractivity contribution < 1.29 is 9.21 Å². The van der Waals surface area contributed by atoms with Gasteiger partial charge >= 0.3 is 0 Å². The van der Waals surface area contributed by atoms with E-state index in [1.54, 1.807) is 12.1 Å². The third-order valence-electron chi connectivity index (χ3n) is 2.13. The van der Waals surface area contributed by atoms with Crippen LogP contribution in [0.1, 0.15) is 16.1 Å². The molecule has 4 nitrogen and oxygen atoms in total. The molecule has 0 saturated carbocycles. The highest BCUT2D eigenvalue weighted by Crippen LogP contribution is 2.20. The van der Waals surface area contributed by atoms with Crippen LogP contribution < -0.4 is 5.32 Å². The van der Waals surface area contributed by atoms with E-state index in [2.05, 4.69) is 42.2 Å². The van der Waals surface area contributed by atoms with Gasteiger partial charge in [0.25, 0.3) is 5.91 Å². The minimum atomic E-state index is -0.264. The minimum Gasteiger partial charge on any atom is -0.457 e. The van der Waals surface area contributed by atoms with Gasteiger partial charge in [-0.25, -0.2) is 4.98 Å². The molecule has 0 aliphatic heterocycles. The third kappa shape index (κ3) is 2.76. The Morgan fingerprint density at radius 1 is 1.35 bits per heavy atom. The Labute approximate surface area is 115 Å². The fraction of sp³-hybridized carbons (Fsp3) is 0.0909. The number of hydrogen-bond donors (Lipinski definition) is 1. The van der Waals surface area contributed by atoms with Crippen LogP contribution in [0.2, 0.25) is 0 Å². The van der Waals surface area contributed by atoms with E-state index in [-0.39, 0.29) is 5.91 Å². The van der Waals surface area contributed by atoms with Gasteiger partial charge in [0.15, 0.2) is 4.67 Å². The predicted octanol–water partition coefficient (Wildman–Crippen LogP) is 3.76. The summed E-state index contributed by atoms with van der Waals surface area (Å²) < 4.78 is 6.30. The van der Waals surface area contributed by atoms with Crippen LogP contribution >= 0.6 is 31.9 Å². The van der Waals surface area contributed by atoms with Gasteiger partial charge in [0.2, 0.25) is 0 Å². The van der Waals surface area contributed by atoms with E-state index in [0.717, 1.165) is 10.2 Å². The summed E-state index contributed by atoms with van der Waals surface area (Å²) in [6.07, 6.45) is 1.44. The van der Waals surface area contributed by atoms with E-state index in [9.17, 15) is 4.79 Å². The van der Waals surface area contributed by atoms with Crippen molar-refractivity contribution in [2.75, 3.05) is 5.32 Å². The van der Waals surface area contributed by atoms with Crippen molar-refractivity contribution in [1.82, 2.24) is 4.98 Å². The van der Waals surface area contributed by atoms with Crippen LogP contribution in [-0.2, 0) is 0 Å². The molecule has 1 amide bonds. The normalized spacial score (nSPS) is 10.3. The first-order chi connectivity index (χ1) is 8.08. The zero-order chi connectivity index (χ0) is 12.4. The number of nitrogens with zero attached hydrogens (tertiary/aromatic N) is 1. The Morgan fingerprint density at radius 2 is 2.12 bits per heavy atom. The molecule has 0 saturated heterocycles. The van der Waals surface area contributed by atoms with Crippen LogP contribution in [-0.4, -0.2) is 10.9 Å². The lowest BCUT2D eigenvalue weighted by Gasteiger charge is -2.04. The van der Waals surface area contributed by atoms with Crippen LogP contribution in [0.25, 0.3) is 0 Å². The summed E-state index contributed by atoms with van der Waals surface area (Å²) >= 11 is 6.50. The average Bonchev–Trinajstić information content (AvgIpc) is 2.70. The highest BCUT2D eigenvalue weighted by molar-refractivity contribution is 9.10. The number of nitrogens with one attached hydrogen (secondary N) is 1. The van der Waals surface area contributed by atoms with Gasteiger partial charge in [0.1, 0.15) is 5.82 Å². The zero-order valence-corrected chi connectivity index (χ0v) is 12.0. The first kappa shape index (κ1) is 12.3. The molecule has 0 aromatic carbocycles. The molecule has 2 heterocycles. The van der Waals surface area contributed by atoms with Crippen molar-refractivity contribution >= 4 is 43.6 Å². The van der Waals surface area contributed by atoms with E-state index in [1.165, 1.54) is 6.26 Å². The summed E-state index contributed by atoms with van der Waals surface area (Å²) in [6.45, 7) is 1.85. The number of carbonyl (C=O) groups is 1. The number of carbonyl (C=O) groups excluding carboxylic acids is 1. The number of aryl methyl sites for hydroxylation is 1. The maximum absolute atomic E-state index is 11.8. The van der Waals surface area contributed by atoms with Crippen LogP contribution in [0.15, 0.2) is 38.0 Å². The minimum absolute atomic E-state index is 0.264. The van der Waals surface area contributed by atoms with E-state index in [1.807, 2.05) is 13.0 Å². The van der Waals surface area contributed by atoms with Crippen molar-refractivity contribution in [3.05, 3.63) is 44.9 Å². The Bertz CT molecular complexity index is 566. The second-order valence-electron chi connectivity index (χ2n) is 3.33. The molecule has 2 rings (SSSR count). The number of halogens is 2. The van der Waals surface area contributed by atoms with Crippen LogP contribution in [0, 0.1) is 6.92 Å².